The van der Waals surface area contributed by atoms with E-state index < -0.39 is 51.6 Å². The highest BCUT2D eigenvalue weighted by molar-refractivity contribution is 6.18. The average molecular weight is 478 g/mol. The summed E-state index contributed by atoms with van der Waals surface area (Å²) in [4.78, 5) is 39.2. The molecule has 4 rings (SSSR count). The van der Waals surface area contributed by atoms with E-state index in [9.17, 15) is 39.9 Å². The molecule has 0 radical (unpaired) electrons. The van der Waals surface area contributed by atoms with Gasteiger partial charge < -0.3 is 35.7 Å². The number of ketones is 1. The summed E-state index contributed by atoms with van der Waals surface area (Å²) in [6.45, 7) is 1.18. The molecule has 1 atom stereocenters. The van der Waals surface area contributed by atoms with Crippen molar-refractivity contribution in [2.45, 2.75) is 12.5 Å². The molecule has 35 heavy (non-hydrogen) atoms. The van der Waals surface area contributed by atoms with Crippen molar-refractivity contribution >= 4 is 23.3 Å². The van der Waals surface area contributed by atoms with Gasteiger partial charge in [0.15, 0.2) is 0 Å². The predicted octanol–water partition coefficient (Wildman–Crippen LogP) is 2.45. The van der Waals surface area contributed by atoms with Crippen LogP contribution in [0.15, 0.2) is 54.6 Å². The molecule has 0 aliphatic carbocycles. The molecule has 10 heteroatoms. The summed E-state index contributed by atoms with van der Waals surface area (Å²) in [5, 5.41) is 52.5. The number of benzene rings is 3. The van der Waals surface area contributed by atoms with Crippen molar-refractivity contribution in [2.24, 2.45) is 0 Å². The van der Waals surface area contributed by atoms with E-state index in [1.165, 1.54) is 6.07 Å². The molecular weight excluding hydrogens is 456 g/mol. The van der Waals surface area contributed by atoms with Gasteiger partial charge in [-0.1, -0.05) is 6.07 Å². The summed E-state index contributed by atoms with van der Waals surface area (Å²) in [6, 6.07) is 11.9. The lowest BCUT2D eigenvalue weighted by Gasteiger charge is -2.19. The Bertz CT molecular complexity index is 1300. The summed E-state index contributed by atoms with van der Waals surface area (Å²) < 4.78 is 0. The highest BCUT2D eigenvalue weighted by Crippen LogP contribution is 2.34. The third kappa shape index (κ3) is 4.67. The van der Waals surface area contributed by atoms with E-state index in [-0.39, 0.29) is 17.4 Å². The van der Waals surface area contributed by atoms with Crippen molar-refractivity contribution < 1.29 is 39.9 Å². The van der Waals surface area contributed by atoms with Crippen molar-refractivity contribution in [1.29, 1.82) is 0 Å². The number of aromatic hydroxyl groups is 4. The minimum absolute atomic E-state index is 0.102. The summed E-state index contributed by atoms with van der Waals surface area (Å²) in [7, 11) is 0. The fourth-order valence-electron chi connectivity index (χ4n) is 4.10. The van der Waals surface area contributed by atoms with Crippen LogP contribution in [0.3, 0.4) is 0 Å². The molecule has 6 N–H and O–H groups in total. The standard InChI is InChI=1S/C25H22N2O8/c28-16-6-4-15(5-7-16)27-9-8-14(12-27)26-24(33)13-10-19(30)22(20(31)11-13)23(32)21-17(25(34)35)2-1-3-18(21)29/h1-7,10-11,14,28-31H,8-9,12H2,(H,26,33)(H,34,35). The Hall–Kier alpha value is -4.73. The number of hydrogen-bond acceptors (Lipinski definition) is 8. The van der Waals surface area contributed by atoms with Gasteiger partial charge in [-0.25, -0.2) is 4.79 Å². The number of aromatic carboxylic acids is 1. The SMILES string of the molecule is O=C(NC1CCN(c2ccc(O)cc2)C1)c1cc(O)c(C(=O)c2c(O)cccc2C(=O)O)c(O)c1. The van der Waals surface area contributed by atoms with Crippen LogP contribution >= 0.6 is 0 Å². The van der Waals surface area contributed by atoms with E-state index >= 15 is 0 Å². The first-order chi connectivity index (χ1) is 16.7. The molecule has 1 heterocycles. The van der Waals surface area contributed by atoms with Crippen LogP contribution in [-0.4, -0.2) is 62.3 Å². The average Bonchev–Trinajstić information content (AvgIpc) is 3.27. The van der Waals surface area contributed by atoms with Crippen molar-refractivity contribution in [3.63, 3.8) is 0 Å². The van der Waals surface area contributed by atoms with Crippen LogP contribution in [0.2, 0.25) is 0 Å². The molecule has 1 unspecified atom stereocenters. The number of rotatable bonds is 6. The third-order valence-corrected chi connectivity index (χ3v) is 5.82. The molecule has 0 spiro atoms. The second-order valence-corrected chi connectivity index (χ2v) is 8.14. The van der Waals surface area contributed by atoms with Gasteiger partial charge in [-0.2, -0.15) is 0 Å². The van der Waals surface area contributed by atoms with Crippen LogP contribution in [0.25, 0.3) is 0 Å². The zero-order valence-corrected chi connectivity index (χ0v) is 18.3. The lowest BCUT2D eigenvalue weighted by Crippen LogP contribution is -2.37. The molecule has 1 amide bonds. The number of hydrogen-bond donors (Lipinski definition) is 6. The van der Waals surface area contributed by atoms with E-state index in [1.54, 1.807) is 24.3 Å². The number of carbonyl (C=O) groups excluding carboxylic acids is 2. The maximum Gasteiger partial charge on any atom is 0.336 e. The Kier molecular flexibility index (Phi) is 6.20. The van der Waals surface area contributed by atoms with Gasteiger partial charge in [0.1, 0.15) is 28.6 Å². The third-order valence-electron chi connectivity index (χ3n) is 5.82. The number of amides is 1. The first-order valence-corrected chi connectivity index (χ1v) is 10.7. The van der Waals surface area contributed by atoms with Gasteiger partial charge in [0.25, 0.3) is 5.91 Å². The van der Waals surface area contributed by atoms with E-state index in [0.29, 0.717) is 19.5 Å². The number of phenols is 4. The fourth-order valence-corrected chi connectivity index (χ4v) is 4.10. The number of nitrogens with one attached hydrogen (secondary N) is 1. The maximum atomic E-state index is 12.9. The molecule has 1 aliphatic rings. The van der Waals surface area contributed by atoms with E-state index in [1.807, 2.05) is 4.90 Å². The highest BCUT2D eigenvalue weighted by atomic mass is 16.4. The number of phenolic OH excluding ortho intramolecular Hbond substituents is 4. The number of carboxylic acids is 1. The lowest BCUT2D eigenvalue weighted by molar-refractivity contribution is 0.0691. The summed E-state index contributed by atoms with van der Waals surface area (Å²) in [5.41, 5.74) is -0.944. The molecule has 10 nitrogen and oxygen atoms in total. The Morgan fingerprint density at radius 3 is 2.14 bits per heavy atom. The number of anilines is 1. The van der Waals surface area contributed by atoms with Gasteiger partial charge in [-0.15, -0.1) is 0 Å². The zero-order chi connectivity index (χ0) is 25.3. The number of carbonyl (C=O) groups is 3. The Morgan fingerprint density at radius 1 is 0.857 bits per heavy atom. The molecule has 0 aromatic heterocycles. The van der Waals surface area contributed by atoms with Crippen molar-refractivity contribution in [3.05, 3.63) is 76.9 Å². The van der Waals surface area contributed by atoms with Crippen molar-refractivity contribution in [2.75, 3.05) is 18.0 Å². The molecule has 1 saturated heterocycles. The molecular formula is C25H22N2O8. The van der Waals surface area contributed by atoms with Crippen LogP contribution < -0.4 is 10.2 Å². The minimum atomic E-state index is -1.47. The van der Waals surface area contributed by atoms with Gasteiger partial charge in [-0.3, -0.25) is 9.59 Å². The second kappa shape index (κ2) is 9.26. The number of carboxylic acid groups (broad SMARTS) is 1. The minimum Gasteiger partial charge on any atom is -0.508 e. The molecule has 1 fully saturated rings. The van der Waals surface area contributed by atoms with Crippen LogP contribution in [-0.2, 0) is 0 Å². The topological polar surface area (TPSA) is 168 Å². The lowest BCUT2D eigenvalue weighted by atomic mass is 9.95. The van der Waals surface area contributed by atoms with Gasteiger partial charge in [0, 0.05) is 30.4 Å². The van der Waals surface area contributed by atoms with Gasteiger partial charge in [0.2, 0.25) is 5.78 Å². The van der Waals surface area contributed by atoms with E-state index in [0.717, 1.165) is 30.0 Å². The van der Waals surface area contributed by atoms with E-state index in [2.05, 4.69) is 5.32 Å². The molecule has 0 saturated carbocycles. The molecule has 1 aliphatic heterocycles. The molecule has 180 valence electrons. The summed E-state index contributed by atoms with van der Waals surface area (Å²) in [5.74, 6) is -5.12. The molecule has 0 bridgehead atoms. The number of nitrogens with zero attached hydrogens (tertiary/aromatic N) is 1. The van der Waals surface area contributed by atoms with Crippen molar-refractivity contribution in [1.82, 2.24) is 5.32 Å². The zero-order valence-electron chi connectivity index (χ0n) is 18.3. The van der Waals surface area contributed by atoms with Gasteiger partial charge in [0.05, 0.1) is 11.1 Å². The van der Waals surface area contributed by atoms with Gasteiger partial charge in [-0.05, 0) is 55.0 Å². The van der Waals surface area contributed by atoms with Crippen LogP contribution in [0.1, 0.15) is 43.1 Å². The Morgan fingerprint density at radius 2 is 1.51 bits per heavy atom. The van der Waals surface area contributed by atoms with E-state index in [4.69, 9.17) is 0 Å². The smallest absolute Gasteiger partial charge is 0.336 e. The summed E-state index contributed by atoms with van der Waals surface area (Å²) >= 11 is 0. The second-order valence-electron chi connectivity index (χ2n) is 8.14. The molecule has 3 aromatic rings. The van der Waals surface area contributed by atoms with Crippen LogP contribution in [0.5, 0.6) is 23.0 Å². The molecule has 3 aromatic carbocycles. The van der Waals surface area contributed by atoms with Crippen molar-refractivity contribution in [3.8, 4) is 23.0 Å². The maximum absolute atomic E-state index is 12.9. The Balaban J connectivity index is 1.52. The quantitative estimate of drug-likeness (QED) is 0.292. The first kappa shape index (κ1) is 23.4. The Labute approximate surface area is 199 Å². The van der Waals surface area contributed by atoms with Crippen LogP contribution in [0.4, 0.5) is 5.69 Å². The monoisotopic (exact) mass is 478 g/mol. The van der Waals surface area contributed by atoms with Crippen LogP contribution in [0, 0.1) is 0 Å². The fraction of sp³-hybridized carbons (Fsp3) is 0.160. The van der Waals surface area contributed by atoms with Gasteiger partial charge >= 0.3 is 5.97 Å². The largest absolute Gasteiger partial charge is 0.508 e. The normalized spacial score (nSPS) is 15.1. The highest BCUT2D eigenvalue weighted by Gasteiger charge is 2.29. The predicted molar refractivity (Wildman–Crippen MR) is 124 cm³/mol. The first-order valence-electron chi connectivity index (χ1n) is 10.7. The summed E-state index contributed by atoms with van der Waals surface area (Å²) in [6.07, 6.45) is 0.645.